The van der Waals surface area contributed by atoms with E-state index in [9.17, 15) is 5.11 Å². The highest BCUT2D eigenvalue weighted by atomic mass is 16.4. The van der Waals surface area contributed by atoms with Crippen LogP contribution in [0.4, 0.5) is 0 Å². The number of piperidine rings is 1. The van der Waals surface area contributed by atoms with Gasteiger partial charge in [0.05, 0.1) is 12.7 Å². The van der Waals surface area contributed by atoms with Crippen molar-refractivity contribution in [3.05, 3.63) is 42.4 Å². The molecule has 2 heterocycles. The second-order valence-corrected chi connectivity index (χ2v) is 5.62. The average molecular weight is 286 g/mol. The van der Waals surface area contributed by atoms with Gasteiger partial charge in [0.15, 0.2) is 5.76 Å². The van der Waals surface area contributed by atoms with E-state index < -0.39 is 0 Å². The number of hydrogen-bond donors (Lipinski definition) is 1. The second kappa shape index (κ2) is 6.87. The van der Waals surface area contributed by atoms with Crippen molar-refractivity contribution in [3.63, 3.8) is 0 Å². The summed E-state index contributed by atoms with van der Waals surface area (Å²) in [5.74, 6) is 1.58. The molecule has 0 saturated carbocycles. The van der Waals surface area contributed by atoms with Gasteiger partial charge in [0.25, 0.3) is 0 Å². The van der Waals surface area contributed by atoms with Crippen molar-refractivity contribution in [3.8, 4) is 11.3 Å². The van der Waals surface area contributed by atoms with E-state index in [1.807, 2.05) is 30.3 Å². The highest BCUT2D eigenvalue weighted by molar-refractivity contribution is 5.55. The molecule has 0 bridgehead atoms. The molecule has 4 heteroatoms. The van der Waals surface area contributed by atoms with Crippen LogP contribution in [-0.4, -0.2) is 34.2 Å². The third-order valence-electron chi connectivity index (χ3n) is 4.16. The molecule has 1 aliphatic rings. The maximum atomic E-state index is 9.19. The Morgan fingerprint density at radius 3 is 2.90 bits per heavy atom. The van der Waals surface area contributed by atoms with Crippen LogP contribution in [0.25, 0.3) is 11.3 Å². The van der Waals surface area contributed by atoms with Crippen LogP contribution >= 0.6 is 0 Å². The molecule has 21 heavy (non-hydrogen) atoms. The molecule has 1 unspecified atom stereocenters. The van der Waals surface area contributed by atoms with Gasteiger partial charge in [-0.2, -0.15) is 0 Å². The van der Waals surface area contributed by atoms with E-state index in [4.69, 9.17) is 4.42 Å². The molecule has 1 saturated heterocycles. The van der Waals surface area contributed by atoms with Crippen molar-refractivity contribution >= 4 is 0 Å². The fourth-order valence-electron chi connectivity index (χ4n) is 3.04. The minimum atomic E-state index is 0.252. The number of oxazole rings is 1. The summed E-state index contributed by atoms with van der Waals surface area (Å²) in [6.45, 7) is 2.05. The summed E-state index contributed by atoms with van der Waals surface area (Å²) in [5.41, 5.74) is 1.06. The first-order valence-corrected chi connectivity index (χ1v) is 7.72. The predicted octanol–water partition coefficient (Wildman–Crippen LogP) is 3.08. The first kappa shape index (κ1) is 14.3. The van der Waals surface area contributed by atoms with Gasteiger partial charge in [-0.1, -0.05) is 36.8 Å². The molecule has 0 aliphatic carbocycles. The van der Waals surface area contributed by atoms with Gasteiger partial charge in [0.1, 0.15) is 0 Å². The van der Waals surface area contributed by atoms with Gasteiger partial charge >= 0.3 is 0 Å². The third kappa shape index (κ3) is 3.52. The summed E-state index contributed by atoms with van der Waals surface area (Å²) in [6.07, 6.45) is 6.27. The topological polar surface area (TPSA) is 49.5 Å². The Morgan fingerprint density at radius 2 is 2.10 bits per heavy atom. The Kier molecular flexibility index (Phi) is 4.68. The summed E-state index contributed by atoms with van der Waals surface area (Å²) in [4.78, 5) is 6.80. The molecule has 1 N–H and O–H groups in total. The van der Waals surface area contributed by atoms with Gasteiger partial charge in [0.2, 0.25) is 5.89 Å². The summed E-state index contributed by atoms with van der Waals surface area (Å²) in [5, 5.41) is 9.19. The van der Waals surface area contributed by atoms with Crippen LogP contribution < -0.4 is 0 Å². The van der Waals surface area contributed by atoms with Crippen LogP contribution in [0.15, 0.2) is 40.9 Å². The Bertz CT molecular complexity index is 551. The summed E-state index contributed by atoms with van der Waals surface area (Å²) < 4.78 is 5.88. The maximum Gasteiger partial charge on any atom is 0.209 e. The number of hydrogen-bond acceptors (Lipinski definition) is 4. The van der Waals surface area contributed by atoms with E-state index in [-0.39, 0.29) is 6.61 Å². The molecule has 4 nitrogen and oxygen atoms in total. The zero-order valence-electron chi connectivity index (χ0n) is 12.2. The lowest BCUT2D eigenvalue weighted by molar-refractivity contribution is 0.103. The number of aromatic nitrogens is 1. The molecule has 1 aromatic heterocycles. The first-order chi connectivity index (χ1) is 10.4. The highest BCUT2D eigenvalue weighted by Gasteiger charge is 2.23. The van der Waals surface area contributed by atoms with Crippen LogP contribution in [0.3, 0.4) is 0 Å². The molecule has 2 aromatic rings. The van der Waals surface area contributed by atoms with Gasteiger partial charge in [-0.25, -0.2) is 4.98 Å². The zero-order valence-corrected chi connectivity index (χ0v) is 12.2. The number of rotatable bonds is 5. The fraction of sp³-hybridized carbons (Fsp3) is 0.471. The molecule has 1 atom stereocenters. The van der Waals surface area contributed by atoms with E-state index in [0.29, 0.717) is 6.04 Å². The summed E-state index contributed by atoms with van der Waals surface area (Å²) >= 11 is 0. The van der Waals surface area contributed by atoms with Crippen molar-refractivity contribution in [2.75, 3.05) is 13.2 Å². The smallest absolute Gasteiger partial charge is 0.209 e. The zero-order chi connectivity index (χ0) is 14.5. The van der Waals surface area contributed by atoms with E-state index in [2.05, 4.69) is 9.88 Å². The maximum absolute atomic E-state index is 9.19. The van der Waals surface area contributed by atoms with Crippen LogP contribution in [0, 0.1) is 0 Å². The molecule has 1 aliphatic heterocycles. The summed E-state index contributed by atoms with van der Waals surface area (Å²) in [6, 6.07) is 10.5. The van der Waals surface area contributed by atoms with Crippen LogP contribution in [0.5, 0.6) is 0 Å². The number of likely N-dealkylation sites (tertiary alicyclic amines) is 1. The lowest BCUT2D eigenvalue weighted by Crippen LogP contribution is -2.39. The van der Waals surface area contributed by atoms with Crippen LogP contribution in [0.1, 0.15) is 31.6 Å². The van der Waals surface area contributed by atoms with Crippen LogP contribution in [0.2, 0.25) is 0 Å². The van der Waals surface area contributed by atoms with Crippen LogP contribution in [-0.2, 0) is 6.54 Å². The van der Waals surface area contributed by atoms with Crippen molar-refractivity contribution in [1.29, 1.82) is 0 Å². The molecule has 0 spiro atoms. The molecule has 0 radical (unpaired) electrons. The minimum Gasteiger partial charge on any atom is -0.439 e. The molecule has 0 amide bonds. The quantitative estimate of drug-likeness (QED) is 0.917. The van der Waals surface area contributed by atoms with Gasteiger partial charge in [-0.15, -0.1) is 0 Å². The average Bonchev–Trinajstić information content (AvgIpc) is 2.99. The van der Waals surface area contributed by atoms with Gasteiger partial charge < -0.3 is 9.52 Å². The number of aliphatic hydroxyl groups is 1. The summed E-state index contributed by atoms with van der Waals surface area (Å²) in [7, 11) is 0. The Balaban J connectivity index is 1.69. The standard InChI is InChI=1S/C17H22N2O2/c20-11-9-15-8-4-5-10-19(15)13-17-18-12-16(21-17)14-6-2-1-3-7-14/h1-3,6-7,12,15,20H,4-5,8-11,13H2. The number of aliphatic hydroxyl groups excluding tert-OH is 1. The largest absolute Gasteiger partial charge is 0.439 e. The van der Waals surface area contributed by atoms with Crippen molar-refractivity contribution in [1.82, 2.24) is 9.88 Å². The van der Waals surface area contributed by atoms with E-state index in [0.717, 1.165) is 43.1 Å². The Hall–Kier alpha value is -1.65. The lowest BCUT2D eigenvalue weighted by atomic mass is 10.00. The number of benzene rings is 1. The van der Waals surface area contributed by atoms with E-state index in [1.165, 1.54) is 12.8 Å². The fourth-order valence-corrected chi connectivity index (χ4v) is 3.04. The van der Waals surface area contributed by atoms with E-state index in [1.54, 1.807) is 6.20 Å². The highest BCUT2D eigenvalue weighted by Crippen LogP contribution is 2.24. The van der Waals surface area contributed by atoms with Gasteiger partial charge in [-0.05, 0) is 25.8 Å². The van der Waals surface area contributed by atoms with E-state index >= 15 is 0 Å². The monoisotopic (exact) mass is 286 g/mol. The first-order valence-electron chi connectivity index (χ1n) is 7.72. The lowest BCUT2D eigenvalue weighted by Gasteiger charge is -2.34. The normalized spacial score (nSPS) is 19.8. The molecular formula is C17H22N2O2. The molecule has 1 aromatic carbocycles. The van der Waals surface area contributed by atoms with Crippen molar-refractivity contribution < 1.29 is 9.52 Å². The second-order valence-electron chi connectivity index (χ2n) is 5.62. The number of nitrogens with zero attached hydrogens (tertiary/aromatic N) is 2. The minimum absolute atomic E-state index is 0.252. The molecule has 112 valence electrons. The van der Waals surface area contributed by atoms with Gasteiger partial charge in [0, 0.05) is 18.2 Å². The molecular weight excluding hydrogens is 264 g/mol. The van der Waals surface area contributed by atoms with Gasteiger partial charge in [-0.3, -0.25) is 4.90 Å². The SMILES string of the molecule is OCCC1CCCCN1Cc1ncc(-c2ccccc2)o1. The molecule has 3 rings (SSSR count). The Morgan fingerprint density at radius 1 is 1.24 bits per heavy atom. The van der Waals surface area contributed by atoms with Crippen molar-refractivity contribution in [2.45, 2.75) is 38.3 Å². The Labute approximate surface area is 125 Å². The third-order valence-corrected chi connectivity index (χ3v) is 4.16. The molecule has 1 fully saturated rings. The predicted molar refractivity (Wildman–Crippen MR) is 81.7 cm³/mol. The van der Waals surface area contributed by atoms with Crippen molar-refractivity contribution in [2.24, 2.45) is 0 Å².